The van der Waals surface area contributed by atoms with Gasteiger partial charge >= 0.3 is 0 Å². The van der Waals surface area contributed by atoms with E-state index in [2.05, 4.69) is 56.6 Å². The molecule has 2 N–H and O–H groups in total. The molecule has 0 bridgehead atoms. The van der Waals surface area contributed by atoms with Gasteiger partial charge in [0, 0.05) is 43.4 Å². The maximum Gasteiger partial charge on any atom is 0.221 e. The summed E-state index contributed by atoms with van der Waals surface area (Å²) in [6.45, 7) is 6.87. The molecule has 0 spiro atoms. The van der Waals surface area contributed by atoms with Gasteiger partial charge in [0.2, 0.25) is 11.1 Å². The van der Waals surface area contributed by atoms with E-state index in [4.69, 9.17) is 9.47 Å². The van der Waals surface area contributed by atoms with Crippen LogP contribution in [0.3, 0.4) is 0 Å². The normalized spacial score (nSPS) is 15.1. The van der Waals surface area contributed by atoms with Crippen molar-refractivity contribution in [2.45, 2.75) is 23.8 Å². The minimum Gasteiger partial charge on any atom is -0.497 e. The lowest BCUT2D eigenvalue weighted by Gasteiger charge is -2.26. The first-order valence-electron chi connectivity index (χ1n) is 11.5. The lowest BCUT2D eigenvalue weighted by atomic mass is 10.1. The number of nitrogens with zero attached hydrogens (tertiary/aromatic N) is 3. The van der Waals surface area contributed by atoms with Crippen molar-refractivity contribution in [2.24, 2.45) is 0 Å². The summed E-state index contributed by atoms with van der Waals surface area (Å²) in [5.41, 5.74) is 3.18. The Labute approximate surface area is 204 Å². The van der Waals surface area contributed by atoms with Crippen LogP contribution in [-0.4, -0.2) is 72.5 Å². The van der Waals surface area contributed by atoms with Crippen LogP contribution in [0.15, 0.2) is 53.7 Å². The minimum atomic E-state index is -0.0940. The number of H-pyrrole nitrogens is 1. The number of hydrogen-bond acceptors (Lipinski definition) is 7. The van der Waals surface area contributed by atoms with Crippen LogP contribution < -0.4 is 10.1 Å². The number of carbonyl (C=O) groups excluding carboxylic acids is 1. The van der Waals surface area contributed by atoms with E-state index in [1.165, 1.54) is 17.3 Å². The fraction of sp³-hybridized carbons (Fsp3) is 0.400. The van der Waals surface area contributed by atoms with E-state index in [9.17, 15) is 4.79 Å². The number of nitrogens with one attached hydrogen (secondary N) is 2. The second-order valence-electron chi connectivity index (χ2n) is 8.22. The molecule has 0 radical (unpaired) electrons. The molecule has 0 saturated carbocycles. The molecule has 1 amide bonds. The van der Waals surface area contributed by atoms with Crippen molar-refractivity contribution >= 4 is 17.7 Å². The van der Waals surface area contributed by atoms with Gasteiger partial charge in [-0.2, -0.15) is 0 Å². The molecule has 4 rings (SSSR count). The predicted molar refractivity (Wildman–Crippen MR) is 133 cm³/mol. The van der Waals surface area contributed by atoms with Crippen LogP contribution in [0.1, 0.15) is 22.8 Å². The molecule has 9 heteroatoms. The van der Waals surface area contributed by atoms with E-state index in [0.717, 1.165) is 49.7 Å². The molecule has 1 aliphatic heterocycles. The Morgan fingerprint density at radius 2 is 1.91 bits per heavy atom. The maximum absolute atomic E-state index is 12.8. The molecular formula is C25H31N5O3S. The number of amides is 1. The smallest absolute Gasteiger partial charge is 0.221 e. The molecule has 2 aromatic carbocycles. The number of morpholine rings is 1. The molecule has 1 saturated heterocycles. The van der Waals surface area contributed by atoms with Crippen LogP contribution in [0, 0.1) is 6.92 Å². The Bertz CT molecular complexity index is 1050. The number of rotatable bonds is 10. The second-order valence-corrected chi connectivity index (χ2v) is 9.39. The van der Waals surface area contributed by atoms with Gasteiger partial charge in [0.15, 0.2) is 5.82 Å². The zero-order valence-corrected chi connectivity index (χ0v) is 20.4. The first kappa shape index (κ1) is 24.3. The van der Waals surface area contributed by atoms with Crippen molar-refractivity contribution in [3.8, 4) is 17.1 Å². The number of benzene rings is 2. The van der Waals surface area contributed by atoms with Crippen molar-refractivity contribution in [1.82, 2.24) is 25.4 Å². The summed E-state index contributed by atoms with van der Waals surface area (Å²) in [6.07, 6.45) is 0.350. The van der Waals surface area contributed by atoms with Gasteiger partial charge in [-0.15, -0.1) is 5.10 Å². The van der Waals surface area contributed by atoms with Gasteiger partial charge in [-0.25, -0.2) is 4.98 Å². The minimum absolute atomic E-state index is 0.0252. The summed E-state index contributed by atoms with van der Waals surface area (Å²) in [4.78, 5) is 19.7. The molecule has 1 unspecified atom stereocenters. The number of aryl methyl sites for hydroxylation is 1. The first-order chi connectivity index (χ1) is 16.6. The zero-order chi connectivity index (χ0) is 23.8. The average Bonchev–Trinajstić information content (AvgIpc) is 3.33. The number of ether oxygens (including phenoxy) is 2. The Morgan fingerprint density at radius 1 is 1.18 bits per heavy atom. The molecular weight excluding hydrogens is 450 g/mol. The molecule has 34 heavy (non-hydrogen) atoms. The average molecular weight is 482 g/mol. The van der Waals surface area contributed by atoms with Crippen molar-refractivity contribution in [1.29, 1.82) is 0 Å². The summed E-state index contributed by atoms with van der Waals surface area (Å²) >= 11 is 1.49. The van der Waals surface area contributed by atoms with Crippen LogP contribution >= 0.6 is 11.8 Å². The fourth-order valence-corrected chi connectivity index (χ4v) is 4.76. The van der Waals surface area contributed by atoms with Crippen molar-refractivity contribution in [2.75, 3.05) is 46.5 Å². The van der Waals surface area contributed by atoms with Gasteiger partial charge in [0.05, 0.1) is 20.3 Å². The summed E-state index contributed by atoms with van der Waals surface area (Å²) in [7, 11) is 1.64. The molecule has 1 fully saturated rings. The van der Waals surface area contributed by atoms with Gasteiger partial charge in [0.25, 0.3) is 0 Å². The van der Waals surface area contributed by atoms with Crippen LogP contribution in [0.2, 0.25) is 0 Å². The molecule has 1 atom stereocenters. The second kappa shape index (κ2) is 12.0. The van der Waals surface area contributed by atoms with Crippen molar-refractivity contribution in [3.05, 3.63) is 59.7 Å². The summed E-state index contributed by atoms with van der Waals surface area (Å²) < 4.78 is 10.6. The van der Waals surface area contributed by atoms with Crippen molar-refractivity contribution < 1.29 is 14.3 Å². The lowest BCUT2D eigenvalue weighted by Crippen LogP contribution is -2.41. The molecule has 8 nitrogen and oxygen atoms in total. The molecule has 1 aliphatic rings. The fourth-order valence-electron chi connectivity index (χ4n) is 3.73. The zero-order valence-electron chi connectivity index (χ0n) is 19.6. The third-order valence-corrected chi connectivity index (χ3v) is 6.87. The van der Waals surface area contributed by atoms with E-state index in [0.29, 0.717) is 23.9 Å². The summed E-state index contributed by atoms with van der Waals surface area (Å²) in [5.74, 6) is 1.50. The van der Waals surface area contributed by atoms with Crippen molar-refractivity contribution in [3.63, 3.8) is 0 Å². The quantitative estimate of drug-likeness (QED) is 0.429. The van der Waals surface area contributed by atoms with Crippen LogP contribution in [0.25, 0.3) is 11.4 Å². The lowest BCUT2D eigenvalue weighted by molar-refractivity contribution is -0.121. The number of carbonyl (C=O) groups is 1. The third kappa shape index (κ3) is 6.82. The van der Waals surface area contributed by atoms with Gasteiger partial charge in [-0.05, 0) is 36.8 Å². The highest BCUT2D eigenvalue weighted by atomic mass is 32.2. The van der Waals surface area contributed by atoms with Gasteiger partial charge in [-0.1, -0.05) is 41.6 Å². The van der Waals surface area contributed by atoms with E-state index >= 15 is 0 Å². The number of thioether (sulfide) groups is 1. The Kier molecular flexibility index (Phi) is 8.56. The van der Waals surface area contributed by atoms with E-state index in [1.807, 2.05) is 24.3 Å². The number of hydrogen-bond donors (Lipinski definition) is 2. The highest BCUT2D eigenvalue weighted by Crippen LogP contribution is 2.37. The third-order valence-electron chi connectivity index (χ3n) is 5.75. The standard InChI is InChI=1S/C25H31N5O3S/c1-18-3-5-19(6-4-18)22(17-23(31)26-11-12-30-13-15-33-16-14-30)34-25-27-24(28-29-25)20-7-9-21(32-2)10-8-20/h3-10,22H,11-17H2,1-2H3,(H,26,31)(H,27,28,29). The molecule has 2 heterocycles. The van der Waals surface area contributed by atoms with Crippen LogP contribution in [0.5, 0.6) is 5.75 Å². The van der Waals surface area contributed by atoms with Crippen LogP contribution in [-0.2, 0) is 9.53 Å². The number of aromatic amines is 1. The maximum atomic E-state index is 12.8. The first-order valence-corrected chi connectivity index (χ1v) is 12.4. The SMILES string of the molecule is COc1ccc(-c2nc(SC(CC(=O)NCCN3CCOCC3)c3ccc(C)cc3)n[nH]2)cc1. The highest BCUT2D eigenvalue weighted by Gasteiger charge is 2.20. The highest BCUT2D eigenvalue weighted by molar-refractivity contribution is 7.99. The van der Waals surface area contributed by atoms with Gasteiger partial charge in [0.1, 0.15) is 5.75 Å². The Hall–Kier alpha value is -2.88. The Morgan fingerprint density at radius 3 is 2.62 bits per heavy atom. The number of methoxy groups -OCH3 is 1. The van der Waals surface area contributed by atoms with E-state index < -0.39 is 0 Å². The van der Waals surface area contributed by atoms with E-state index in [-0.39, 0.29) is 11.2 Å². The molecule has 180 valence electrons. The molecule has 1 aromatic heterocycles. The van der Waals surface area contributed by atoms with Crippen LogP contribution in [0.4, 0.5) is 0 Å². The topological polar surface area (TPSA) is 92.4 Å². The van der Waals surface area contributed by atoms with Gasteiger partial charge in [-0.3, -0.25) is 14.8 Å². The molecule has 0 aliphatic carbocycles. The van der Waals surface area contributed by atoms with E-state index in [1.54, 1.807) is 7.11 Å². The predicted octanol–water partition coefficient (Wildman–Crippen LogP) is 3.46. The number of aromatic nitrogens is 3. The monoisotopic (exact) mass is 481 g/mol. The van der Waals surface area contributed by atoms with Gasteiger partial charge < -0.3 is 14.8 Å². The molecule has 3 aromatic rings. The summed E-state index contributed by atoms with van der Waals surface area (Å²) in [5, 5.41) is 11.0. The summed E-state index contributed by atoms with van der Waals surface area (Å²) in [6, 6.07) is 15.9. The largest absolute Gasteiger partial charge is 0.497 e. The Balaban J connectivity index is 1.40.